The second-order valence-corrected chi connectivity index (χ2v) is 3.21. The second-order valence-electron chi connectivity index (χ2n) is 3.21. The molecule has 0 radical (unpaired) electrons. The highest BCUT2D eigenvalue weighted by Crippen LogP contribution is 2.11. The molecule has 0 atom stereocenters. The van der Waals surface area contributed by atoms with Crippen LogP contribution in [0.2, 0.25) is 0 Å². The van der Waals surface area contributed by atoms with E-state index in [0.717, 1.165) is 0 Å². The van der Waals surface area contributed by atoms with Gasteiger partial charge in [-0.05, 0) is 18.6 Å². The molecule has 0 fully saturated rings. The number of carbonyl (C=O) groups excluding carboxylic acids is 1. The van der Waals surface area contributed by atoms with E-state index >= 15 is 0 Å². The van der Waals surface area contributed by atoms with Crippen molar-refractivity contribution in [1.29, 1.82) is 0 Å². The summed E-state index contributed by atoms with van der Waals surface area (Å²) in [7, 11) is 0. The van der Waals surface area contributed by atoms with Crippen molar-refractivity contribution >= 4 is 11.7 Å². The number of rotatable bonds is 3. The van der Waals surface area contributed by atoms with Gasteiger partial charge in [-0.2, -0.15) is 0 Å². The highest BCUT2D eigenvalue weighted by molar-refractivity contribution is 5.97. The van der Waals surface area contributed by atoms with Gasteiger partial charge in [-0.25, -0.2) is 4.39 Å². The third-order valence-electron chi connectivity index (χ3n) is 1.99. The fraction of sp³-hybridized carbons (Fsp3) is 0.200. The molecule has 0 aromatic heterocycles. The highest BCUT2D eigenvalue weighted by atomic mass is 19.1. The number of hydrogen-bond donors (Lipinski definition) is 3. The van der Waals surface area contributed by atoms with E-state index in [1.807, 2.05) is 0 Å². The van der Waals surface area contributed by atoms with Crippen molar-refractivity contribution < 1.29 is 14.4 Å². The number of nitrogens with two attached hydrogens (primary N) is 1. The molecular formula is C10H12FN3O2. The standard InChI is InChI=1S/C10H12FN3O2/c1-6-3-2-4-7(9(6)11)10(15)13-5-8(12)14-16/h2-4,16H,5H2,1H3,(H2,12,14)(H,13,15). The SMILES string of the molecule is Cc1cccc(C(=O)NC/C(N)=N/O)c1F. The monoisotopic (exact) mass is 225 g/mol. The van der Waals surface area contributed by atoms with Crippen LogP contribution < -0.4 is 11.1 Å². The van der Waals surface area contributed by atoms with Crippen LogP contribution in [0.5, 0.6) is 0 Å². The zero-order chi connectivity index (χ0) is 12.1. The molecule has 0 aliphatic heterocycles. The van der Waals surface area contributed by atoms with Crippen LogP contribution in [-0.4, -0.2) is 23.5 Å². The van der Waals surface area contributed by atoms with E-state index in [9.17, 15) is 9.18 Å². The summed E-state index contributed by atoms with van der Waals surface area (Å²) in [6, 6.07) is 4.51. The molecule has 1 aromatic rings. The Hall–Kier alpha value is -2.11. The summed E-state index contributed by atoms with van der Waals surface area (Å²) in [5.41, 5.74) is 5.48. The van der Waals surface area contributed by atoms with Gasteiger partial charge >= 0.3 is 0 Å². The summed E-state index contributed by atoms with van der Waals surface area (Å²) in [5.74, 6) is -1.33. The molecule has 0 aliphatic rings. The summed E-state index contributed by atoms with van der Waals surface area (Å²) in [5, 5.41) is 13.3. The number of nitrogens with one attached hydrogen (secondary N) is 1. The Labute approximate surface area is 91.8 Å². The lowest BCUT2D eigenvalue weighted by molar-refractivity contribution is 0.0955. The van der Waals surface area contributed by atoms with E-state index in [0.29, 0.717) is 5.56 Å². The number of amides is 1. The maximum Gasteiger partial charge on any atom is 0.254 e. The van der Waals surface area contributed by atoms with Crippen LogP contribution in [0, 0.1) is 12.7 Å². The van der Waals surface area contributed by atoms with Gasteiger partial charge in [0.25, 0.3) is 5.91 Å². The van der Waals surface area contributed by atoms with Gasteiger partial charge in [0.2, 0.25) is 0 Å². The average Bonchev–Trinajstić information content (AvgIpc) is 2.29. The van der Waals surface area contributed by atoms with E-state index in [1.165, 1.54) is 6.07 Å². The van der Waals surface area contributed by atoms with Gasteiger partial charge in [0, 0.05) is 0 Å². The van der Waals surface area contributed by atoms with Gasteiger partial charge < -0.3 is 16.3 Å². The lowest BCUT2D eigenvalue weighted by atomic mass is 10.1. The minimum atomic E-state index is -0.604. The quantitative estimate of drug-likeness (QED) is 0.305. The number of halogens is 1. The molecule has 86 valence electrons. The lowest BCUT2D eigenvalue weighted by Crippen LogP contribution is -2.34. The van der Waals surface area contributed by atoms with Crippen molar-refractivity contribution in [3.05, 3.63) is 35.1 Å². The fourth-order valence-corrected chi connectivity index (χ4v) is 1.12. The van der Waals surface area contributed by atoms with Crippen molar-refractivity contribution in [3.63, 3.8) is 0 Å². The number of aryl methyl sites for hydroxylation is 1. The van der Waals surface area contributed by atoms with E-state index in [-0.39, 0.29) is 17.9 Å². The zero-order valence-corrected chi connectivity index (χ0v) is 8.70. The predicted molar refractivity (Wildman–Crippen MR) is 56.9 cm³/mol. The first-order chi connectivity index (χ1) is 7.56. The van der Waals surface area contributed by atoms with Crippen molar-refractivity contribution in [3.8, 4) is 0 Å². The first-order valence-corrected chi connectivity index (χ1v) is 4.56. The Kier molecular flexibility index (Phi) is 3.82. The molecule has 0 heterocycles. The van der Waals surface area contributed by atoms with Crippen LogP contribution in [0.25, 0.3) is 0 Å². The maximum atomic E-state index is 13.5. The molecule has 0 unspecified atom stereocenters. The molecule has 0 saturated heterocycles. The Morgan fingerprint density at radius 3 is 2.94 bits per heavy atom. The number of oxime groups is 1. The van der Waals surface area contributed by atoms with Gasteiger partial charge in [0.05, 0.1) is 12.1 Å². The first-order valence-electron chi connectivity index (χ1n) is 4.56. The number of carbonyl (C=O) groups is 1. The molecule has 1 amide bonds. The Bertz CT molecular complexity index is 432. The summed E-state index contributed by atoms with van der Waals surface area (Å²) >= 11 is 0. The maximum absolute atomic E-state index is 13.5. The molecule has 16 heavy (non-hydrogen) atoms. The molecule has 4 N–H and O–H groups in total. The number of nitrogens with zero attached hydrogens (tertiary/aromatic N) is 1. The second kappa shape index (κ2) is 5.11. The van der Waals surface area contributed by atoms with Crippen molar-refractivity contribution in [2.45, 2.75) is 6.92 Å². The smallest absolute Gasteiger partial charge is 0.254 e. The van der Waals surface area contributed by atoms with Crippen molar-refractivity contribution in [1.82, 2.24) is 5.32 Å². The Balaban J connectivity index is 2.78. The molecule has 0 bridgehead atoms. The Morgan fingerprint density at radius 1 is 1.62 bits per heavy atom. The molecular weight excluding hydrogens is 213 g/mol. The van der Waals surface area contributed by atoms with Gasteiger partial charge in [-0.1, -0.05) is 17.3 Å². The minimum Gasteiger partial charge on any atom is -0.409 e. The van der Waals surface area contributed by atoms with Crippen LogP contribution in [0.15, 0.2) is 23.4 Å². The summed E-state index contributed by atoms with van der Waals surface area (Å²) in [6.45, 7) is 1.43. The number of benzene rings is 1. The molecule has 0 spiro atoms. The first kappa shape index (κ1) is 12.0. The topological polar surface area (TPSA) is 87.7 Å². The number of hydrogen-bond acceptors (Lipinski definition) is 3. The van der Waals surface area contributed by atoms with E-state index in [4.69, 9.17) is 10.9 Å². The van der Waals surface area contributed by atoms with Crippen LogP contribution in [0.3, 0.4) is 0 Å². The third kappa shape index (κ3) is 2.69. The molecule has 5 nitrogen and oxygen atoms in total. The summed E-state index contributed by atoms with van der Waals surface area (Å²) < 4.78 is 13.5. The molecule has 0 aliphatic carbocycles. The molecule has 1 aromatic carbocycles. The minimum absolute atomic E-state index is 0.0641. The van der Waals surface area contributed by atoms with E-state index < -0.39 is 11.7 Å². The zero-order valence-electron chi connectivity index (χ0n) is 8.70. The lowest BCUT2D eigenvalue weighted by Gasteiger charge is -2.06. The molecule has 0 saturated carbocycles. The van der Waals surface area contributed by atoms with Crippen molar-refractivity contribution in [2.24, 2.45) is 10.9 Å². The van der Waals surface area contributed by atoms with E-state index in [2.05, 4.69) is 10.5 Å². The van der Waals surface area contributed by atoms with E-state index in [1.54, 1.807) is 19.1 Å². The van der Waals surface area contributed by atoms with Crippen LogP contribution in [0.4, 0.5) is 4.39 Å². The Morgan fingerprint density at radius 2 is 2.31 bits per heavy atom. The van der Waals surface area contributed by atoms with Gasteiger partial charge in [0.1, 0.15) is 5.82 Å². The van der Waals surface area contributed by atoms with Crippen molar-refractivity contribution in [2.75, 3.05) is 6.54 Å². The van der Waals surface area contributed by atoms with Crippen LogP contribution in [0.1, 0.15) is 15.9 Å². The number of amidine groups is 1. The van der Waals surface area contributed by atoms with Gasteiger partial charge in [0.15, 0.2) is 5.84 Å². The normalized spacial score (nSPS) is 11.2. The fourth-order valence-electron chi connectivity index (χ4n) is 1.12. The molecule has 6 heteroatoms. The summed E-state index contributed by atoms with van der Waals surface area (Å²) in [4.78, 5) is 11.5. The largest absolute Gasteiger partial charge is 0.409 e. The van der Waals surface area contributed by atoms with Gasteiger partial charge in [-0.15, -0.1) is 0 Å². The van der Waals surface area contributed by atoms with Crippen LogP contribution >= 0.6 is 0 Å². The van der Waals surface area contributed by atoms with Crippen LogP contribution in [-0.2, 0) is 0 Å². The average molecular weight is 225 g/mol. The predicted octanol–water partition coefficient (Wildman–Crippen LogP) is 0.610. The summed E-state index contributed by atoms with van der Waals surface area (Å²) in [6.07, 6.45) is 0. The van der Waals surface area contributed by atoms with Gasteiger partial charge in [-0.3, -0.25) is 4.79 Å². The molecule has 1 rings (SSSR count). The third-order valence-corrected chi connectivity index (χ3v) is 1.99. The highest BCUT2D eigenvalue weighted by Gasteiger charge is 2.12.